The first-order valence-corrected chi connectivity index (χ1v) is 9.56. The zero-order valence-corrected chi connectivity index (χ0v) is 16.4. The van der Waals surface area contributed by atoms with Gasteiger partial charge >= 0.3 is 0 Å². The first-order chi connectivity index (χ1) is 13.5. The molecule has 0 saturated heterocycles. The highest BCUT2D eigenvalue weighted by Crippen LogP contribution is 2.18. The van der Waals surface area contributed by atoms with E-state index >= 15 is 0 Å². The summed E-state index contributed by atoms with van der Waals surface area (Å²) in [6.45, 7) is 0.559. The van der Waals surface area contributed by atoms with Crippen LogP contribution in [0.15, 0.2) is 47.3 Å². The normalized spacial score (nSPS) is 10.6. The maximum atomic E-state index is 12.2. The molecule has 144 valence electrons. The Morgan fingerprint density at radius 1 is 1.32 bits per heavy atom. The maximum Gasteiger partial charge on any atom is 0.271 e. The molecule has 2 N–H and O–H groups in total. The number of fused-ring (bicyclic) bond motifs is 1. The minimum Gasteiger partial charge on any atom is -0.497 e. The average Bonchev–Trinajstić information content (AvgIpc) is 2.70. The number of hydrogen-bond donors (Lipinski definition) is 2. The summed E-state index contributed by atoms with van der Waals surface area (Å²) in [7, 11) is 1.61. The second kappa shape index (κ2) is 8.81. The zero-order valence-electron chi connectivity index (χ0n) is 14.8. The number of nitro groups is 1. The van der Waals surface area contributed by atoms with Crippen molar-refractivity contribution in [3.8, 4) is 5.75 Å². The molecule has 0 aliphatic rings. The molecule has 0 bridgehead atoms. The van der Waals surface area contributed by atoms with Crippen molar-refractivity contribution in [1.29, 1.82) is 0 Å². The molecule has 3 aromatic rings. The fraction of sp³-hybridized carbons (Fsp3) is 0.167. The highest BCUT2D eigenvalue weighted by atomic mass is 32.2. The van der Waals surface area contributed by atoms with E-state index in [1.165, 1.54) is 30.0 Å². The summed E-state index contributed by atoms with van der Waals surface area (Å²) in [4.78, 5) is 29.5. The molecule has 0 spiro atoms. The number of nitrogens with zero attached hydrogens (tertiary/aromatic N) is 2. The van der Waals surface area contributed by atoms with Crippen LogP contribution in [0.3, 0.4) is 0 Å². The fourth-order valence-corrected chi connectivity index (χ4v) is 3.29. The Balaban J connectivity index is 1.62. The Morgan fingerprint density at radius 3 is 2.75 bits per heavy atom. The van der Waals surface area contributed by atoms with Crippen LogP contribution < -0.4 is 15.6 Å². The Kier molecular flexibility index (Phi) is 6.22. The van der Waals surface area contributed by atoms with Gasteiger partial charge in [-0.25, -0.2) is 4.98 Å². The SMILES string of the molecule is COc1ccc(CNC(=S)SCc2nc3cc([N+](=O)[O-])ccc3c(=O)[nH]2)cc1. The second-order valence-corrected chi connectivity index (χ2v) is 7.40. The Hall–Kier alpha value is -2.98. The zero-order chi connectivity index (χ0) is 20.1. The van der Waals surface area contributed by atoms with E-state index in [1.54, 1.807) is 7.11 Å². The fourth-order valence-electron chi connectivity index (χ4n) is 2.46. The summed E-state index contributed by atoms with van der Waals surface area (Å²) >= 11 is 6.62. The Morgan fingerprint density at radius 2 is 2.07 bits per heavy atom. The third kappa shape index (κ3) is 4.84. The van der Waals surface area contributed by atoms with E-state index in [4.69, 9.17) is 17.0 Å². The van der Waals surface area contributed by atoms with Crippen molar-refractivity contribution in [2.75, 3.05) is 7.11 Å². The van der Waals surface area contributed by atoms with E-state index < -0.39 is 4.92 Å². The number of aromatic amines is 1. The van der Waals surface area contributed by atoms with Gasteiger partial charge in [0.15, 0.2) is 0 Å². The summed E-state index contributed by atoms with van der Waals surface area (Å²) in [5, 5.41) is 14.3. The third-order valence-electron chi connectivity index (χ3n) is 3.89. The van der Waals surface area contributed by atoms with Crippen molar-refractivity contribution in [1.82, 2.24) is 15.3 Å². The number of thioether (sulfide) groups is 1. The first-order valence-electron chi connectivity index (χ1n) is 8.17. The number of benzene rings is 2. The lowest BCUT2D eigenvalue weighted by Crippen LogP contribution is -2.18. The largest absolute Gasteiger partial charge is 0.497 e. The smallest absolute Gasteiger partial charge is 0.271 e. The van der Waals surface area contributed by atoms with E-state index in [0.717, 1.165) is 11.3 Å². The van der Waals surface area contributed by atoms with Gasteiger partial charge in [0, 0.05) is 18.7 Å². The summed E-state index contributed by atoms with van der Waals surface area (Å²) in [6, 6.07) is 11.6. The van der Waals surface area contributed by atoms with E-state index in [-0.39, 0.29) is 16.8 Å². The standard InChI is InChI=1S/C18H16N4O4S2/c1-26-13-5-2-11(3-6-13)9-19-18(27)28-10-16-20-15-8-12(22(24)25)4-7-14(15)17(23)21-16/h2-8H,9-10H2,1H3,(H,19,27)(H,20,21,23). The highest BCUT2D eigenvalue weighted by Gasteiger charge is 2.11. The van der Waals surface area contributed by atoms with E-state index in [2.05, 4.69) is 15.3 Å². The van der Waals surface area contributed by atoms with E-state index in [1.807, 2.05) is 24.3 Å². The van der Waals surface area contributed by atoms with Crippen LogP contribution in [0.5, 0.6) is 5.75 Å². The van der Waals surface area contributed by atoms with Crippen LogP contribution in [0.4, 0.5) is 5.69 Å². The average molecular weight is 416 g/mol. The first kappa shape index (κ1) is 19.8. The molecular formula is C18H16N4O4S2. The lowest BCUT2D eigenvalue weighted by atomic mass is 10.2. The monoisotopic (exact) mass is 416 g/mol. The molecular weight excluding hydrogens is 400 g/mol. The molecule has 8 nitrogen and oxygen atoms in total. The molecule has 0 aliphatic heterocycles. The third-order valence-corrected chi connectivity index (χ3v) is 5.21. The molecule has 0 unspecified atom stereocenters. The molecule has 3 rings (SSSR count). The van der Waals surface area contributed by atoms with Crippen molar-refractivity contribution in [3.63, 3.8) is 0 Å². The van der Waals surface area contributed by atoms with Crippen LogP contribution in [0, 0.1) is 10.1 Å². The molecule has 2 aromatic carbocycles. The van der Waals surface area contributed by atoms with Crippen LogP contribution >= 0.6 is 24.0 Å². The maximum absolute atomic E-state index is 12.2. The predicted molar refractivity (Wildman–Crippen MR) is 113 cm³/mol. The van der Waals surface area contributed by atoms with Gasteiger partial charge in [0.2, 0.25) is 0 Å². The van der Waals surface area contributed by atoms with Gasteiger partial charge in [-0.2, -0.15) is 0 Å². The molecule has 0 saturated carbocycles. The minimum absolute atomic E-state index is 0.110. The van der Waals surface area contributed by atoms with Crippen molar-refractivity contribution < 1.29 is 9.66 Å². The number of nitrogens with one attached hydrogen (secondary N) is 2. The van der Waals surface area contributed by atoms with Crippen LogP contribution in [0.1, 0.15) is 11.4 Å². The number of methoxy groups -OCH3 is 1. The van der Waals surface area contributed by atoms with Gasteiger partial charge in [0.25, 0.3) is 11.2 Å². The lowest BCUT2D eigenvalue weighted by Gasteiger charge is -2.08. The summed E-state index contributed by atoms with van der Waals surface area (Å²) in [5.41, 5.74) is 0.882. The number of nitro benzene ring substituents is 1. The van der Waals surface area contributed by atoms with Crippen LogP contribution in [0.25, 0.3) is 10.9 Å². The molecule has 0 atom stereocenters. The number of hydrogen-bond acceptors (Lipinski definition) is 7. The molecule has 0 fully saturated rings. The predicted octanol–water partition coefficient (Wildman–Crippen LogP) is 3.15. The van der Waals surface area contributed by atoms with Crippen molar-refractivity contribution in [2.45, 2.75) is 12.3 Å². The molecule has 1 heterocycles. The molecule has 0 amide bonds. The van der Waals surface area contributed by atoms with Crippen molar-refractivity contribution in [3.05, 3.63) is 74.3 Å². The lowest BCUT2D eigenvalue weighted by molar-refractivity contribution is -0.384. The number of rotatable bonds is 6. The number of H-pyrrole nitrogens is 1. The topological polar surface area (TPSA) is 110 Å². The van der Waals surface area contributed by atoms with Gasteiger partial charge in [0.1, 0.15) is 15.9 Å². The van der Waals surface area contributed by atoms with Gasteiger partial charge in [-0.15, -0.1) is 0 Å². The summed E-state index contributed by atoms with van der Waals surface area (Å²) < 4.78 is 5.67. The molecule has 0 aliphatic carbocycles. The van der Waals surface area contributed by atoms with Crippen LogP contribution in [0.2, 0.25) is 0 Å². The number of thiocarbonyl (C=S) groups is 1. The molecule has 0 radical (unpaired) electrons. The molecule has 10 heteroatoms. The molecule has 1 aromatic heterocycles. The quantitative estimate of drug-likeness (QED) is 0.358. The Bertz CT molecular complexity index is 1080. The summed E-state index contributed by atoms with van der Waals surface area (Å²) in [5.74, 6) is 1.52. The minimum atomic E-state index is -0.519. The van der Waals surface area contributed by atoms with Gasteiger partial charge in [-0.1, -0.05) is 36.1 Å². The second-order valence-electron chi connectivity index (χ2n) is 5.75. The number of non-ortho nitro benzene ring substituents is 1. The van der Waals surface area contributed by atoms with Gasteiger partial charge in [-0.3, -0.25) is 14.9 Å². The highest BCUT2D eigenvalue weighted by molar-refractivity contribution is 8.22. The number of ether oxygens (including phenoxy) is 1. The van der Waals surface area contributed by atoms with Gasteiger partial charge in [-0.05, 0) is 23.8 Å². The molecule has 28 heavy (non-hydrogen) atoms. The number of aromatic nitrogens is 2. The summed E-state index contributed by atoms with van der Waals surface area (Å²) in [6.07, 6.45) is 0. The van der Waals surface area contributed by atoms with Gasteiger partial charge in [0.05, 0.1) is 28.7 Å². The van der Waals surface area contributed by atoms with Crippen LogP contribution in [-0.2, 0) is 12.3 Å². The van der Waals surface area contributed by atoms with Crippen LogP contribution in [-0.4, -0.2) is 26.3 Å². The Labute approximate surface area is 169 Å². The van der Waals surface area contributed by atoms with Crippen molar-refractivity contribution >= 4 is 44.9 Å². The van der Waals surface area contributed by atoms with Crippen molar-refractivity contribution in [2.24, 2.45) is 0 Å². The van der Waals surface area contributed by atoms with E-state index in [0.29, 0.717) is 27.8 Å². The van der Waals surface area contributed by atoms with E-state index in [9.17, 15) is 14.9 Å². The van der Waals surface area contributed by atoms with Gasteiger partial charge < -0.3 is 15.0 Å².